The smallest absolute Gasteiger partial charge is 0.265 e. The minimum absolute atomic E-state index is 0.245. The predicted molar refractivity (Wildman–Crippen MR) is 102 cm³/mol. The fraction of sp³-hybridized carbons (Fsp3) is 0.263. The van der Waals surface area contributed by atoms with Crippen LogP contribution in [0.2, 0.25) is 5.02 Å². The van der Waals surface area contributed by atoms with Crippen LogP contribution in [0.1, 0.15) is 25.8 Å². The Morgan fingerprint density at radius 2 is 2.04 bits per heavy atom. The Balaban J connectivity index is 1.40. The molecule has 1 aliphatic rings. The van der Waals surface area contributed by atoms with Crippen LogP contribution < -0.4 is 10.1 Å². The monoisotopic (exact) mass is 383 g/mol. The van der Waals surface area contributed by atoms with Crippen molar-refractivity contribution in [1.29, 1.82) is 0 Å². The number of amides is 1. The summed E-state index contributed by atoms with van der Waals surface area (Å²) in [5.41, 5.74) is 1.59. The van der Waals surface area contributed by atoms with Gasteiger partial charge in [0.2, 0.25) is 0 Å². The molecule has 1 unspecified atom stereocenters. The third-order valence-electron chi connectivity index (χ3n) is 4.27. The van der Waals surface area contributed by atoms with E-state index < -0.39 is 6.10 Å². The van der Waals surface area contributed by atoms with Gasteiger partial charge in [-0.25, -0.2) is 4.68 Å². The Hall–Kier alpha value is -2.93. The van der Waals surface area contributed by atoms with Crippen LogP contribution in [0.4, 0.5) is 5.69 Å². The highest BCUT2D eigenvalue weighted by Crippen LogP contribution is 2.36. The van der Waals surface area contributed by atoms with Gasteiger partial charge < -0.3 is 10.1 Å². The van der Waals surface area contributed by atoms with E-state index in [1.54, 1.807) is 31.2 Å². The average Bonchev–Trinajstić information content (AvgIpc) is 3.39. The molecule has 0 radical (unpaired) electrons. The average molecular weight is 384 g/mol. The molecule has 0 bridgehead atoms. The number of halogens is 1. The molecule has 8 heteroatoms. The molecule has 0 aliphatic heterocycles. The molecule has 7 nitrogen and oxygen atoms in total. The van der Waals surface area contributed by atoms with Gasteiger partial charge in [-0.1, -0.05) is 17.7 Å². The zero-order valence-corrected chi connectivity index (χ0v) is 15.4. The molecule has 2 aromatic carbocycles. The van der Waals surface area contributed by atoms with Crippen molar-refractivity contribution in [3.05, 3.63) is 53.6 Å². The number of ether oxygens (including phenoxy) is 1. The highest BCUT2D eigenvalue weighted by atomic mass is 35.5. The Morgan fingerprint density at radius 3 is 2.74 bits per heavy atom. The first kappa shape index (κ1) is 17.5. The Labute approximate surface area is 161 Å². The van der Waals surface area contributed by atoms with Gasteiger partial charge in [0.15, 0.2) is 11.9 Å². The summed E-state index contributed by atoms with van der Waals surface area (Å²) in [6.07, 6.45) is 1.55. The number of carbonyl (C=O) groups excluding carboxylic acids is 1. The Bertz CT molecular complexity index is 953. The number of aromatic nitrogens is 4. The van der Waals surface area contributed by atoms with E-state index in [9.17, 15) is 4.79 Å². The quantitative estimate of drug-likeness (QED) is 0.701. The Morgan fingerprint density at radius 1 is 1.26 bits per heavy atom. The number of anilines is 1. The molecule has 0 spiro atoms. The normalized spacial score (nSPS) is 14.6. The van der Waals surface area contributed by atoms with Crippen molar-refractivity contribution in [2.24, 2.45) is 0 Å². The van der Waals surface area contributed by atoms with Gasteiger partial charge in [0.05, 0.1) is 6.04 Å². The van der Waals surface area contributed by atoms with Crippen molar-refractivity contribution in [2.45, 2.75) is 31.9 Å². The summed E-state index contributed by atoms with van der Waals surface area (Å²) in [6, 6.07) is 14.8. The van der Waals surface area contributed by atoms with E-state index in [0.717, 1.165) is 24.2 Å². The third kappa shape index (κ3) is 4.09. The van der Waals surface area contributed by atoms with E-state index in [1.165, 1.54) is 0 Å². The van der Waals surface area contributed by atoms with Gasteiger partial charge >= 0.3 is 0 Å². The maximum absolute atomic E-state index is 12.4. The zero-order chi connectivity index (χ0) is 18.8. The van der Waals surface area contributed by atoms with Crippen molar-refractivity contribution < 1.29 is 9.53 Å². The van der Waals surface area contributed by atoms with Crippen LogP contribution in [-0.4, -0.2) is 32.2 Å². The first-order chi connectivity index (χ1) is 13.1. The summed E-state index contributed by atoms with van der Waals surface area (Å²) in [5.74, 6) is 1.05. The lowest BCUT2D eigenvalue weighted by Crippen LogP contribution is -2.30. The lowest BCUT2D eigenvalue weighted by atomic mass is 10.2. The molecule has 0 saturated heterocycles. The second-order valence-electron chi connectivity index (χ2n) is 6.46. The van der Waals surface area contributed by atoms with Crippen molar-refractivity contribution in [3.63, 3.8) is 0 Å². The van der Waals surface area contributed by atoms with E-state index in [4.69, 9.17) is 16.3 Å². The third-order valence-corrected chi connectivity index (χ3v) is 4.51. The van der Waals surface area contributed by atoms with Crippen LogP contribution in [0.3, 0.4) is 0 Å². The molecule has 1 atom stereocenters. The lowest BCUT2D eigenvalue weighted by Gasteiger charge is -2.15. The first-order valence-electron chi connectivity index (χ1n) is 8.71. The standard InChI is InChI=1S/C19H18ClN5O2/c1-12(27-17-4-2-3-14(20)11-17)19(26)21-15-7-5-13(6-8-15)18-22-23-24-25(18)16-9-10-16/h2-8,11-12,16H,9-10H2,1H3,(H,21,26). The van der Waals surface area contributed by atoms with Gasteiger partial charge in [0.1, 0.15) is 5.75 Å². The van der Waals surface area contributed by atoms with Gasteiger partial charge in [-0.2, -0.15) is 0 Å². The number of nitrogens with one attached hydrogen (secondary N) is 1. The number of benzene rings is 2. The largest absolute Gasteiger partial charge is 0.481 e. The molecule has 1 amide bonds. The van der Waals surface area contributed by atoms with Gasteiger partial charge in [-0.05, 0) is 72.7 Å². The minimum atomic E-state index is -0.662. The number of nitrogens with zero attached hydrogens (tertiary/aromatic N) is 4. The molecule has 4 rings (SSSR count). The number of tetrazole rings is 1. The maximum Gasteiger partial charge on any atom is 0.265 e. The summed E-state index contributed by atoms with van der Waals surface area (Å²) in [6.45, 7) is 1.69. The van der Waals surface area contributed by atoms with Crippen LogP contribution in [0, 0.1) is 0 Å². The fourth-order valence-corrected chi connectivity index (χ4v) is 2.87. The molecule has 3 aromatic rings. The molecule has 138 valence electrons. The molecule has 1 heterocycles. The van der Waals surface area contributed by atoms with Crippen LogP contribution in [0.15, 0.2) is 48.5 Å². The van der Waals surface area contributed by atoms with Crippen LogP contribution in [0.25, 0.3) is 11.4 Å². The summed E-state index contributed by atoms with van der Waals surface area (Å²) in [4.78, 5) is 12.4. The molecule has 1 N–H and O–H groups in total. The van der Waals surface area contributed by atoms with E-state index in [-0.39, 0.29) is 5.91 Å². The lowest BCUT2D eigenvalue weighted by molar-refractivity contribution is -0.122. The van der Waals surface area contributed by atoms with Crippen LogP contribution in [-0.2, 0) is 4.79 Å². The first-order valence-corrected chi connectivity index (χ1v) is 9.09. The molecule has 1 aliphatic carbocycles. The van der Waals surface area contributed by atoms with Gasteiger partial charge in [0, 0.05) is 16.3 Å². The van der Waals surface area contributed by atoms with Gasteiger partial charge in [-0.3, -0.25) is 4.79 Å². The maximum atomic E-state index is 12.4. The van der Waals surface area contributed by atoms with Crippen molar-refractivity contribution in [1.82, 2.24) is 20.2 Å². The van der Waals surface area contributed by atoms with Crippen LogP contribution >= 0.6 is 11.6 Å². The minimum Gasteiger partial charge on any atom is -0.481 e. The zero-order valence-electron chi connectivity index (χ0n) is 14.7. The van der Waals surface area contributed by atoms with Gasteiger partial charge in [0.25, 0.3) is 5.91 Å². The van der Waals surface area contributed by atoms with Crippen molar-refractivity contribution in [3.8, 4) is 17.1 Å². The topological polar surface area (TPSA) is 81.9 Å². The molecular formula is C19H18ClN5O2. The van der Waals surface area contributed by atoms with E-state index in [0.29, 0.717) is 22.5 Å². The number of hydrogen-bond donors (Lipinski definition) is 1. The van der Waals surface area contributed by atoms with Crippen molar-refractivity contribution in [2.75, 3.05) is 5.32 Å². The second-order valence-corrected chi connectivity index (χ2v) is 6.90. The number of carbonyl (C=O) groups is 1. The summed E-state index contributed by atoms with van der Waals surface area (Å²) >= 11 is 5.93. The Kier molecular flexibility index (Phi) is 4.77. The summed E-state index contributed by atoms with van der Waals surface area (Å²) in [5, 5.41) is 15.3. The van der Waals surface area contributed by atoms with Crippen LogP contribution in [0.5, 0.6) is 5.75 Å². The second kappa shape index (κ2) is 7.36. The van der Waals surface area contributed by atoms with E-state index >= 15 is 0 Å². The fourth-order valence-electron chi connectivity index (χ4n) is 2.69. The molecule has 1 aromatic heterocycles. The number of hydrogen-bond acceptors (Lipinski definition) is 5. The SMILES string of the molecule is CC(Oc1cccc(Cl)c1)C(=O)Nc1ccc(-c2nnnn2C2CC2)cc1. The van der Waals surface area contributed by atoms with E-state index in [1.807, 2.05) is 28.9 Å². The molecule has 1 fully saturated rings. The highest BCUT2D eigenvalue weighted by Gasteiger charge is 2.28. The van der Waals surface area contributed by atoms with Crippen molar-refractivity contribution >= 4 is 23.2 Å². The summed E-state index contributed by atoms with van der Waals surface area (Å²) in [7, 11) is 0. The summed E-state index contributed by atoms with van der Waals surface area (Å²) < 4.78 is 7.49. The molecular weight excluding hydrogens is 366 g/mol. The predicted octanol–water partition coefficient (Wildman–Crippen LogP) is 3.73. The number of rotatable bonds is 6. The molecule has 27 heavy (non-hydrogen) atoms. The highest BCUT2D eigenvalue weighted by molar-refractivity contribution is 6.30. The van der Waals surface area contributed by atoms with E-state index in [2.05, 4.69) is 20.8 Å². The molecule has 1 saturated carbocycles. The van der Waals surface area contributed by atoms with Gasteiger partial charge in [-0.15, -0.1) is 5.10 Å².